The number of benzene rings is 2. The molecular formula is C29H41F. The zero-order valence-electron chi connectivity index (χ0n) is 19.3. The summed E-state index contributed by atoms with van der Waals surface area (Å²) in [6.45, 7) is 4.49. The Morgan fingerprint density at radius 2 is 1.47 bits per heavy atom. The van der Waals surface area contributed by atoms with Gasteiger partial charge in [0.25, 0.3) is 0 Å². The Bertz CT molecular complexity index is 737. The second kappa shape index (κ2) is 12.3. The highest BCUT2D eigenvalue weighted by molar-refractivity contribution is 5.65. The lowest BCUT2D eigenvalue weighted by molar-refractivity contribution is 0.301. The van der Waals surface area contributed by atoms with Crippen molar-refractivity contribution in [2.24, 2.45) is 5.92 Å². The third-order valence-corrected chi connectivity index (χ3v) is 7.11. The quantitative estimate of drug-likeness (QED) is 0.325. The van der Waals surface area contributed by atoms with E-state index in [1.807, 2.05) is 12.1 Å². The molecule has 164 valence electrons. The van der Waals surface area contributed by atoms with Crippen LogP contribution in [0.4, 0.5) is 4.39 Å². The number of aryl methyl sites for hydroxylation is 1. The SMILES string of the molecule is CCCCCCCC1CCC(c2ccc(-c3ccc(CCCC)cc3)c(F)c2)CC1. The molecule has 1 aliphatic carbocycles. The Morgan fingerprint density at radius 1 is 0.767 bits per heavy atom. The van der Waals surface area contributed by atoms with Gasteiger partial charge >= 0.3 is 0 Å². The van der Waals surface area contributed by atoms with Crippen LogP contribution < -0.4 is 0 Å². The summed E-state index contributed by atoms with van der Waals surface area (Å²) in [5.74, 6) is 1.38. The first-order chi connectivity index (χ1) is 14.7. The predicted molar refractivity (Wildman–Crippen MR) is 129 cm³/mol. The molecule has 0 saturated heterocycles. The van der Waals surface area contributed by atoms with Crippen LogP contribution in [0.3, 0.4) is 0 Å². The van der Waals surface area contributed by atoms with Crippen LogP contribution in [0.25, 0.3) is 11.1 Å². The lowest BCUT2D eigenvalue weighted by Crippen LogP contribution is -2.13. The van der Waals surface area contributed by atoms with Gasteiger partial charge in [0.2, 0.25) is 0 Å². The average molecular weight is 409 g/mol. The zero-order chi connectivity index (χ0) is 21.2. The van der Waals surface area contributed by atoms with E-state index < -0.39 is 0 Å². The molecular weight excluding hydrogens is 367 g/mol. The molecule has 0 aliphatic heterocycles. The molecule has 1 heteroatoms. The predicted octanol–water partition coefficient (Wildman–Crippen LogP) is 9.47. The van der Waals surface area contributed by atoms with E-state index in [1.54, 1.807) is 0 Å². The van der Waals surface area contributed by atoms with Crippen LogP contribution in [0.15, 0.2) is 42.5 Å². The molecule has 0 bridgehead atoms. The Labute approximate surface area is 184 Å². The van der Waals surface area contributed by atoms with Crippen molar-refractivity contribution in [3.8, 4) is 11.1 Å². The third kappa shape index (κ3) is 6.69. The smallest absolute Gasteiger partial charge is 0.131 e. The zero-order valence-corrected chi connectivity index (χ0v) is 19.3. The van der Waals surface area contributed by atoms with Crippen LogP contribution in [0.1, 0.15) is 108 Å². The molecule has 0 radical (unpaired) electrons. The van der Waals surface area contributed by atoms with Crippen LogP contribution in [-0.4, -0.2) is 0 Å². The molecule has 1 fully saturated rings. The van der Waals surface area contributed by atoms with Crippen molar-refractivity contribution in [3.63, 3.8) is 0 Å². The minimum Gasteiger partial charge on any atom is -0.206 e. The van der Waals surface area contributed by atoms with Crippen molar-refractivity contribution in [1.29, 1.82) is 0 Å². The van der Waals surface area contributed by atoms with E-state index in [0.29, 0.717) is 5.92 Å². The number of hydrogen-bond donors (Lipinski definition) is 0. The summed E-state index contributed by atoms with van der Waals surface area (Å²) in [5.41, 5.74) is 4.28. The molecule has 0 nitrogen and oxygen atoms in total. The van der Waals surface area contributed by atoms with Gasteiger partial charge in [0.15, 0.2) is 0 Å². The van der Waals surface area contributed by atoms with E-state index in [9.17, 15) is 4.39 Å². The summed E-state index contributed by atoms with van der Waals surface area (Å²) >= 11 is 0. The number of rotatable bonds is 11. The van der Waals surface area contributed by atoms with Crippen molar-refractivity contribution < 1.29 is 4.39 Å². The minimum atomic E-state index is -0.0631. The fourth-order valence-electron chi connectivity index (χ4n) is 5.07. The fraction of sp³-hybridized carbons (Fsp3) is 0.586. The van der Waals surface area contributed by atoms with Gasteiger partial charge in [-0.15, -0.1) is 0 Å². The second-order valence-electron chi connectivity index (χ2n) is 9.46. The molecule has 0 unspecified atom stereocenters. The average Bonchev–Trinajstić information content (AvgIpc) is 2.78. The van der Waals surface area contributed by atoms with Crippen molar-refractivity contribution in [2.75, 3.05) is 0 Å². The standard InChI is InChI=1S/C29H41F/c1-3-5-7-8-9-11-24-12-16-25(17-13-24)27-20-21-28(29(30)22-27)26-18-14-23(15-19-26)10-6-4-2/h14-15,18-22,24-25H,3-13,16-17H2,1-2H3. The Kier molecular flexibility index (Phi) is 9.43. The van der Waals surface area contributed by atoms with Gasteiger partial charge < -0.3 is 0 Å². The summed E-state index contributed by atoms with van der Waals surface area (Å²) in [6, 6.07) is 14.5. The molecule has 2 aromatic carbocycles. The van der Waals surface area contributed by atoms with Gasteiger partial charge in [-0.05, 0) is 73.1 Å². The molecule has 1 aliphatic rings. The normalized spacial score (nSPS) is 19.2. The van der Waals surface area contributed by atoms with Crippen LogP contribution in [0.2, 0.25) is 0 Å². The highest BCUT2D eigenvalue weighted by Crippen LogP contribution is 2.39. The van der Waals surface area contributed by atoms with E-state index >= 15 is 0 Å². The van der Waals surface area contributed by atoms with Crippen molar-refractivity contribution in [2.45, 2.75) is 103 Å². The van der Waals surface area contributed by atoms with Gasteiger partial charge in [0, 0.05) is 5.56 Å². The lowest BCUT2D eigenvalue weighted by Gasteiger charge is -2.29. The number of unbranched alkanes of at least 4 members (excludes halogenated alkanes) is 5. The molecule has 3 rings (SSSR count). The molecule has 0 heterocycles. The molecule has 0 amide bonds. The first-order valence-electron chi connectivity index (χ1n) is 12.6. The van der Waals surface area contributed by atoms with Crippen molar-refractivity contribution in [3.05, 3.63) is 59.4 Å². The number of hydrogen-bond acceptors (Lipinski definition) is 0. The fourth-order valence-corrected chi connectivity index (χ4v) is 5.07. The highest BCUT2D eigenvalue weighted by atomic mass is 19.1. The summed E-state index contributed by atoms with van der Waals surface area (Å²) in [4.78, 5) is 0. The molecule has 2 aromatic rings. The van der Waals surface area contributed by atoms with Crippen LogP contribution >= 0.6 is 0 Å². The van der Waals surface area contributed by atoms with E-state index in [0.717, 1.165) is 23.5 Å². The maximum absolute atomic E-state index is 14.9. The first-order valence-corrected chi connectivity index (χ1v) is 12.6. The molecule has 0 aromatic heterocycles. The molecule has 0 N–H and O–H groups in total. The van der Waals surface area contributed by atoms with Gasteiger partial charge in [0.05, 0.1) is 0 Å². The van der Waals surface area contributed by atoms with Gasteiger partial charge in [-0.1, -0.05) is 95.2 Å². The van der Waals surface area contributed by atoms with Gasteiger partial charge in [-0.3, -0.25) is 0 Å². The maximum atomic E-state index is 14.9. The Balaban J connectivity index is 1.52. The van der Waals surface area contributed by atoms with E-state index in [4.69, 9.17) is 0 Å². The molecule has 0 spiro atoms. The largest absolute Gasteiger partial charge is 0.206 e. The third-order valence-electron chi connectivity index (χ3n) is 7.11. The summed E-state index contributed by atoms with van der Waals surface area (Å²) < 4.78 is 14.9. The van der Waals surface area contributed by atoms with Crippen molar-refractivity contribution >= 4 is 0 Å². The topological polar surface area (TPSA) is 0 Å². The molecule has 30 heavy (non-hydrogen) atoms. The maximum Gasteiger partial charge on any atom is 0.131 e. The molecule has 1 saturated carbocycles. The lowest BCUT2D eigenvalue weighted by atomic mass is 9.77. The van der Waals surface area contributed by atoms with E-state index in [-0.39, 0.29) is 5.82 Å². The Hall–Kier alpha value is -1.63. The Morgan fingerprint density at radius 3 is 2.13 bits per heavy atom. The molecule has 0 atom stereocenters. The van der Waals surface area contributed by atoms with E-state index in [2.05, 4.69) is 44.2 Å². The summed E-state index contributed by atoms with van der Waals surface area (Å²) in [6.07, 6.45) is 16.9. The monoisotopic (exact) mass is 408 g/mol. The van der Waals surface area contributed by atoms with Crippen molar-refractivity contribution in [1.82, 2.24) is 0 Å². The highest BCUT2D eigenvalue weighted by Gasteiger charge is 2.23. The minimum absolute atomic E-state index is 0.0631. The number of halogens is 1. The van der Waals surface area contributed by atoms with Crippen LogP contribution in [0.5, 0.6) is 0 Å². The summed E-state index contributed by atoms with van der Waals surface area (Å²) in [5, 5.41) is 0. The first kappa shape index (κ1) is 23.0. The van der Waals surface area contributed by atoms with Crippen LogP contribution in [0, 0.1) is 11.7 Å². The van der Waals surface area contributed by atoms with Gasteiger partial charge in [-0.25, -0.2) is 4.39 Å². The van der Waals surface area contributed by atoms with Crippen LogP contribution in [-0.2, 0) is 6.42 Å². The summed E-state index contributed by atoms with van der Waals surface area (Å²) in [7, 11) is 0. The van der Waals surface area contributed by atoms with E-state index in [1.165, 1.54) is 88.2 Å². The van der Waals surface area contributed by atoms with Gasteiger partial charge in [-0.2, -0.15) is 0 Å². The van der Waals surface area contributed by atoms with Gasteiger partial charge in [0.1, 0.15) is 5.82 Å². The second-order valence-corrected chi connectivity index (χ2v) is 9.46.